The third-order valence-corrected chi connectivity index (χ3v) is 3.88. The molecule has 4 heteroatoms. The summed E-state index contributed by atoms with van der Waals surface area (Å²) in [6, 6.07) is 5.75. The molecule has 0 saturated carbocycles. The third-order valence-electron chi connectivity index (χ3n) is 3.64. The lowest BCUT2D eigenvalue weighted by molar-refractivity contribution is -0.135. The fourth-order valence-corrected chi connectivity index (χ4v) is 3.06. The van der Waals surface area contributed by atoms with E-state index in [1.54, 1.807) is 0 Å². The van der Waals surface area contributed by atoms with Gasteiger partial charge >= 0.3 is 5.97 Å². The number of benzene rings is 1. The number of hydrogen-bond donors (Lipinski definition) is 1. The van der Waals surface area contributed by atoms with Crippen molar-refractivity contribution in [3.8, 4) is 0 Å². The maximum Gasteiger partial charge on any atom is 0.323 e. The van der Waals surface area contributed by atoms with Crippen LogP contribution in [-0.2, 0) is 4.79 Å². The van der Waals surface area contributed by atoms with E-state index in [0.29, 0.717) is 10.9 Å². The van der Waals surface area contributed by atoms with Gasteiger partial charge in [-0.25, -0.2) is 0 Å². The monoisotopic (exact) mass is 267 g/mol. The highest BCUT2D eigenvalue weighted by Gasteiger charge is 2.37. The van der Waals surface area contributed by atoms with Crippen LogP contribution in [0.3, 0.4) is 0 Å². The quantitative estimate of drug-likeness (QED) is 0.891. The van der Waals surface area contributed by atoms with Crippen molar-refractivity contribution in [2.45, 2.75) is 38.6 Å². The molecule has 0 aliphatic carbocycles. The van der Waals surface area contributed by atoms with Crippen LogP contribution in [0, 0.1) is 0 Å². The number of halogens is 1. The van der Waals surface area contributed by atoms with Crippen molar-refractivity contribution in [3.63, 3.8) is 0 Å². The van der Waals surface area contributed by atoms with Gasteiger partial charge < -0.3 is 10.0 Å². The first kappa shape index (κ1) is 13.2. The molecular formula is C14H18ClNO2. The van der Waals surface area contributed by atoms with Crippen LogP contribution in [0.4, 0.5) is 5.69 Å². The molecule has 1 aromatic carbocycles. The van der Waals surface area contributed by atoms with Gasteiger partial charge in [-0.3, -0.25) is 4.79 Å². The minimum atomic E-state index is -0.816. The van der Waals surface area contributed by atoms with Crippen molar-refractivity contribution in [2.24, 2.45) is 0 Å². The molecule has 0 unspecified atom stereocenters. The standard InChI is InChI=1S/C14H18ClNO2/c1-9-7-14(2,3)16(8-13(17)18)12-6-10(15)4-5-11(9)12/h4-6,9H,7-8H2,1-3H3,(H,17,18)/t9-/m0/s1. The van der Waals surface area contributed by atoms with E-state index in [4.69, 9.17) is 16.7 Å². The largest absolute Gasteiger partial charge is 0.480 e. The van der Waals surface area contributed by atoms with E-state index in [1.165, 1.54) is 5.56 Å². The SMILES string of the molecule is C[C@H]1CC(C)(C)N(CC(=O)O)c2cc(Cl)ccc21. The summed E-state index contributed by atoms with van der Waals surface area (Å²) in [5.41, 5.74) is 1.96. The van der Waals surface area contributed by atoms with Crippen molar-refractivity contribution in [1.82, 2.24) is 0 Å². The van der Waals surface area contributed by atoms with Gasteiger partial charge in [0.05, 0.1) is 0 Å². The molecule has 2 rings (SSSR count). The van der Waals surface area contributed by atoms with E-state index in [2.05, 4.69) is 20.8 Å². The number of carboxylic acid groups (broad SMARTS) is 1. The summed E-state index contributed by atoms with van der Waals surface area (Å²) in [5.74, 6) is -0.402. The van der Waals surface area contributed by atoms with Crippen LogP contribution in [0.5, 0.6) is 0 Å². The Kier molecular flexibility index (Phi) is 3.28. The minimum Gasteiger partial charge on any atom is -0.480 e. The van der Waals surface area contributed by atoms with Crippen LogP contribution >= 0.6 is 11.6 Å². The van der Waals surface area contributed by atoms with E-state index < -0.39 is 5.97 Å². The van der Waals surface area contributed by atoms with Crippen molar-refractivity contribution in [1.29, 1.82) is 0 Å². The van der Waals surface area contributed by atoms with Gasteiger partial charge in [-0.15, -0.1) is 0 Å². The summed E-state index contributed by atoms with van der Waals surface area (Å²) in [5, 5.41) is 9.73. The number of carbonyl (C=O) groups is 1. The van der Waals surface area contributed by atoms with Gasteiger partial charge in [-0.2, -0.15) is 0 Å². The second-order valence-electron chi connectivity index (χ2n) is 5.60. The third kappa shape index (κ3) is 2.32. The molecule has 18 heavy (non-hydrogen) atoms. The van der Waals surface area contributed by atoms with Gasteiger partial charge in [0.1, 0.15) is 6.54 Å². The Hall–Kier alpha value is -1.22. The average molecular weight is 268 g/mol. The summed E-state index contributed by atoms with van der Waals surface area (Å²) in [6.45, 7) is 6.34. The number of aliphatic carboxylic acids is 1. The molecule has 1 aliphatic heterocycles. The summed E-state index contributed by atoms with van der Waals surface area (Å²) in [6.07, 6.45) is 0.939. The molecule has 0 bridgehead atoms. The van der Waals surface area contributed by atoms with Gasteiger partial charge in [0.15, 0.2) is 0 Å². The first-order chi connectivity index (χ1) is 8.31. The zero-order valence-corrected chi connectivity index (χ0v) is 11.7. The van der Waals surface area contributed by atoms with Crippen molar-refractivity contribution < 1.29 is 9.90 Å². The molecule has 1 atom stereocenters. The summed E-state index contributed by atoms with van der Waals surface area (Å²) >= 11 is 6.05. The van der Waals surface area contributed by atoms with Crippen LogP contribution < -0.4 is 4.90 Å². The first-order valence-electron chi connectivity index (χ1n) is 6.10. The number of anilines is 1. The van der Waals surface area contributed by atoms with Crippen molar-refractivity contribution >= 4 is 23.3 Å². The lowest BCUT2D eigenvalue weighted by Gasteiger charge is -2.46. The fourth-order valence-electron chi connectivity index (χ4n) is 2.90. The average Bonchev–Trinajstić information content (AvgIpc) is 2.23. The predicted octanol–water partition coefficient (Wildman–Crippen LogP) is 3.52. The molecule has 1 heterocycles. The Morgan fingerprint density at radius 2 is 2.22 bits per heavy atom. The minimum absolute atomic E-state index is 0.00701. The molecule has 0 aromatic heterocycles. The van der Waals surface area contributed by atoms with Gasteiger partial charge in [-0.05, 0) is 43.9 Å². The van der Waals surface area contributed by atoms with Crippen molar-refractivity contribution in [2.75, 3.05) is 11.4 Å². The Bertz CT molecular complexity index is 485. The molecular weight excluding hydrogens is 250 g/mol. The van der Waals surface area contributed by atoms with E-state index >= 15 is 0 Å². The molecule has 0 saturated heterocycles. The van der Waals surface area contributed by atoms with Crippen LogP contribution in [0.25, 0.3) is 0 Å². The molecule has 0 fully saturated rings. The highest BCUT2D eigenvalue weighted by Crippen LogP contribution is 2.43. The molecule has 0 spiro atoms. The number of rotatable bonds is 2. The second-order valence-corrected chi connectivity index (χ2v) is 6.04. The normalized spacial score (nSPS) is 21.6. The second kappa shape index (κ2) is 4.47. The van der Waals surface area contributed by atoms with Gasteiger partial charge in [0, 0.05) is 16.2 Å². The number of carboxylic acids is 1. The van der Waals surface area contributed by atoms with Crippen LogP contribution in [-0.4, -0.2) is 23.2 Å². The Morgan fingerprint density at radius 3 is 2.83 bits per heavy atom. The summed E-state index contributed by atoms with van der Waals surface area (Å²) < 4.78 is 0. The Morgan fingerprint density at radius 1 is 1.56 bits per heavy atom. The molecule has 1 aliphatic rings. The first-order valence-corrected chi connectivity index (χ1v) is 6.48. The zero-order valence-electron chi connectivity index (χ0n) is 10.9. The number of nitrogens with zero attached hydrogens (tertiary/aromatic N) is 1. The summed E-state index contributed by atoms with van der Waals surface area (Å²) in [4.78, 5) is 13.0. The topological polar surface area (TPSA) is 40.5 Å². The molecule has 1 aromatic rings. The summed E-state index contributed by atoms with van der Waals surface area (Å²) in [7, 11) is 0. The number of hydrogen-bond acceptors (Lipinski definition) is 2. The van der Waals surface area contributed by atoms with E-state index in [0.717, 1.165) is 12.1 Å². The number of fused-ring (bicyclic) bond motifs is 1. The lowest BCUT2D eigenvalue weighted by atomic mass is 9.80. The van der Waals surface area contributed by atoms with E-state index in [9.17, 15) is 4.79 Å². The Balaban J connectivity index is 2.52. The Labute approximate surface area is 112 Å². The van der Waals surface area contributed by atoms with Crippen molar-refractivity contribution in [3.05, 3.63) is 28.8 Å². The maximum atomic E-state index is 11.1. The van der Waals surface area contributed by atoms with E-state index in [-0.39, 0.29) is 12.1 Å². The maximum absolute atomic E-state index is 11.1. The van der Waals surface area contributed by atoms with Crippen LogP contribution in [0.2, 0.25) is 5.02 Å². The smallest absolute Gasteiger partial charge is 0.323 e. The highest BCUT2D eigenvalue weighted by atomic mass is 35.5. The predicted molar refractivity (Wildman–Crippen MR) is 73.5 cm³/mol. The molecule has 0 radical (unpaired) electrons. The molecule has 98 valence electrons. The lowest BCUT2D eigenvalue weighted by Crippen LogP contribution is -2.50. The molecule has 3 nitrogen and oxygen atoms in total. The van der Waals surface area contributed by atoms with Gasteiger partial charge in [0.2, 0.25) is 0 Å². The highest BCUT2D eigenvalue weighted by molar-refractivity contribution is 6.30. The van der Waals surface area contributed by atoms with Gasteiger partial charge in [-0.1, -0.05) is 24.6 Å². The molecule has 0 amide bonds. The van der Waals surface area contributed by atoms with Crippen LogP contribution in [0.1, 0.15) is 38.7 Å². The van der Waals surface area contributed by atoms with Gasteiger partial charge in [0.25, 0.3) is 0 Å². The molecule has 1 N–H and O–H groups in total. The van der Waals surface area contributed by atoms with E-state index in [1.807, 2.05) is 23.1 Å². The zero-order chi connectivity index (χ0) is 13.5. The fraction of sp³-hybridized carbons (Fsp3) is 0.500. The van der Waals surface area contributed by atoms with Crippen LogP contribution in [0.15, 0.2) is 18.2 Å².